The lowest BCUT2D eigenvalue weighted by atomic mass is 10.2. The largest absolute Gasteiger partial charge is 0.467 e. The zero-order valence-corrected chi connectivity index (χ0v) is 14.3. The van der Waals surface area contributed by atoms with Crippen LogP contribution in [0.3, 0.4) is 0 Å². The van der Waals surface area contributed by atoms with Gasteiger partial charge in [0.1, 0.15) is 11.5 Å². The van der Waals surface area contributed by atoms with Crippen LogP contribution in [0.5, 0.6) is 0 Å². The highest BCUT2D eigenvalue weighted by Crippen LogP contribution is 2.22. The Bertz CT molecular complexity index is 630. The van der Waals surface area contributed by atoms with E-state index in [9.17, 15) is 4.79 Å². The quantitative estimate of drug-likeness (QED) is 0.808. The second-order valence-corrected chi connectivity index (χ2v) is 7.02. The molecule has 0 aliphatic carbocycles. The second-order valence-electron chi connectivity index (χ2n) is 6.13. The van der Waals surface area contributed by atoms with Crippen molar-refractivity contribution in [2.24, 2.45) is 0 Å². The van der Waals surface area contributed by atoms with Crippen molar-refractivity contribution in [2.45, 2.75) is 45.3 Å². The van der Waals surface area contributed by atoms with Crippen LogP contribution in [-0.2, 0) is 11.3 Å². The van der Waals surface area contributed by atoms with E-state index < -0.39 is 0 Å². The van der Waals surface area contributed by atoms with Gasteiger partial charge in [0, 0.05) is 24.4 Å². The predicted molar refractivity (Wildman–Crippen MR) is 88.6 cm³/mol. The van der Waals surface area contributed by atoms with Crippen LogP contribution in [0.15, 0.2) is 28.2 Å². The zero-order chi connectivity index (χ0) is 16.2. The van der Waals surface area contributed by atoms with E-state index in [0.717, 1.165) is 30.2 Å². The van der Waals surface area contributed by atoms with Gasteiger partial charge in [-0.25, -0.2) is 4.98 Å². The van der Waals surface area contributed by atoms with Gasteiger partial charge in [-0.1, -0.05) is 13.8 Å². The fourth-order valence-corrected chi connectivity index (χ4v) is 3.47. The predicted octanol–water partition coefficient (Wildman–Crippen LogP) is 3.68. The summed E-state index contributed by atoms with van der Waals surface area (Å²) in [5.74, 6) is 1.05. The monoisotopic (exact) mass is 334 g/mol. The maximum atomic E-state index is 12.9. The Morgan fingerprint density at radius 1 is 1.52 bits per heavy atom. The molecule has 0 unspecified atom stereocenters. The summed E-state index contributed by atoms with van der Waals surface area (Å²) >= 11 is 1.54. The molecule has 1 amide bonds. The summed E-state index contributed by atoms with van der Waals surface area (Å²) in [6.45, 7) is 5.97. The number of nitrogens with zero attached hydrogens (tertiary/aromatic N) is 2. The Labute approximate surface area is 140 Å². The number of furan rings is 1. The molecule has 6 heteroatoms. The SMILES string of the molecule is CC(C)c1nc(C(=O)N(Cc2ccco2)C[C@H]2CCCO2)cs1. The van der Waals surface area contributed by atoms with Gasteiger partial charge in [-0.3, -0.25) is 4.79 Å². The van der Waals surface area contributed by atoms with Crippen molar-refractivity contribution >= 4 is 17.2 Å². The number of thiazole rings is 1. The average molecular weight is 334 g/mol. The van der Waals surface area contributed by atoms with E-state index in [4.69, 9.17) is 9.15 Å². The molecule has 3 rings (SSSR count). The van der Waals surface area contributed by atoms with Crippen LogP contribution in [0.25, 0.3) is 0 Å². The smallest absolute Gasteiger partial charge is 0.273 e. The molecule has 0 spiro atoms. The molecule has 1 fully saturated rings. The third-order valence-electron chi connectivity index (χ3n) is 3.90. The lowest BCUT2D eigenvalue weighted by Crippen LogP contribution is -2.37. The van der Waals surface area contributed by atoms with Crippen LogP contribution in [-0.4, -0.2) is 35.0 Å². The van der Waals surface area contributed by atoms with Crippen molar-refractivity contribution in [3.63, 3.8) is 0 Å². The van der Waals surface area contributed by atoms with Crippen LogP contribution >= 0.6 is 11.3 Å². The molecule has 0 N–H and O–H groups in total. The summed E-state index contributed by atoms with van der Waals surface area (Å²) in [6, 6.07) is 3.72. The lowest BCUT2D eigenvalue weighted by Gasteiger charge is -2.24. The van der Waals surface area contributed by atoms with E-state index in [0.29, 0.717) is 24.7 Å². The number of aromatic nitrogens is 1. The molecule has 0 aromatic carbocycles. The Balaban J connectivity index is 1.75. The van der Waals surface area contributed by atoms with Crippen molar-refractivity contribution in [2.75, 3.05) is 13.2 Å². The summed E-state index contributed by atoms with van der Waals surface area (Å²) in [7, 11) is 0. The minimum atomic E-state index is -0.0555. The fourth-order valence-electron chi connectivity index (χ4n) is 2.66. The first kappa shape index (κ1) is 16.2. The standard InChI is InChI=1S/C17H22N2O3S/c1-12(2)16-18-15(11-23-16)17(20)19(9-13-5-3-7-21-13)10-14-6-4-8-22-14/h3,5,7,11-12,14H,4,6,8-10H2,1-2H3/t14-/m1/s1. The molecule has 0 radical (unpaired) electrons. The number of hydrogen-bond donors (Lipinski definition) is 0. The molecule has 1 aliphatic rings. The highest BCUT2D eigenvalue weighted by molar-refractivity contribution is 7.09. The van der Waals surface area contributed by atoms with Gasteiger partial charge in [-0.2, -0.15) is 0 Å². The van der Waals surface area contributed by atoms with Gasteiger partial charge < -0.3 is 14.1 Å². The molecular weight excluding hydrogens is 312 g/mol. The van der Waals surface area contributed by atoms with E-state index in [2.05, 4.69) is 18.8 Å². The fraction of sp³-hybridized carbons (Fsp3) is 0.529. The van der Waals surface area contributed by atoms with Gasteiger partial charge in [0.15, 0.2) is 0 Å². The first-order valence-electron chi connectivity index (χ1n) is 8.02. The van der Waals surface area contributed by atoms with Gasteiger partial charge in [0.05, 0.1) is 23.9 Å². The van der Waals surface area contributed by atoms with Crippen LogP contribution in [0.4, 0.5) is 0 Å². The molecule has 3 heterocycles. The summed E-state index contributed by atoms with van der Waals surface area (Å²) < 4.78 is 11.1. The zero-order valence-electron chi connectivity index (χ0n) is 13.5. The highest BCUT2D eigenvalue weighted by atomic mass is 32.1. The summed E-state index contributed by atoms with van der Waals surface area (Å²) in [5, 5.41) is 2.84. The van der Waals surface area contributed by atoms with Gasteiger partial charge in [-0.05, 0) is 25.0 Å². The molecule has 5 nitrogen and oxygen atoms in total. The summed E-state index contributed by atoms with van der Waals surface area (Å²) in [5.41, 5.74) is 0.517. The van der Waals surface area contributed by atoms with Gasteiger partial charge >= 0.3 is 0 Å². The van der Waals surface area contributed by atoms with Crippen LogP contribution < -0.4 is 0 Å². The van der Waals surface area contributed by atoms with Crippen molar-refractivity contribution in [1.29, 1.82) is 0 Å². The van der Waals surface area contributed by atoms with E-state index in [1.165, 1.54) is 0 Å². The first-order chi connectivity index (χ1) is 11.1. The number of rotatable bonds is 6. The van der Waals surface area contributed by atoms with E-state index in [1.807, 2.05) is 17.5 Å². The lowest BCUT2D eigenvalue weighted by molar-refractivity contribution is 0.0487. The highest BCUT2D eigenvalue weighted by Gasteiger charge is 2.26. The number of carbonyl (C=O) groups excluding carboxylic acids is 1. The maximum absolute atomic E-state index is 12.9. The molecule has 0 saturated carbocycles. The Morgan fingerprint density at radius 3 is 3.00 bits per heavy atom. The van der Waals surface area contributed by atoms with Crippen molar-refractivity contribution in [3.8, 4) is 0 Å². The first-order valence-corrected chi connectivity index (χ1v) is 8.90. The number of carbonyl (C=O) groups is 1. The van der Waals surface area contributed by atoms with E-state index in [1.54, 1.807) is 22.5 Å². The minimum absolute atomic E-state index is 0.0555. The van der Waals surface area contributed by atoms with E-state index in [-0.39, 0.29) is 12.0 Å². The molecule has 2 aromatic heterocycles. The Hall–Kier alpha value is -1.66. The van der Waals surface area contributed by atoms with Crippen molar-refractivity contribution < 1.29 is 13.9 Å². The van der Waals surface area contributed by atoms with Crippen molar-refractivity contribution in [1.82, 2.24) is 9.88 Å². The summed E-state index contributed by atoms with van der Waals surface area (Å²) in [6.07, 6.45) is 3.79. The topological polar surface area (TPSA) is 55.6 Å². The molecule has 0 bridgehead atoms. The Kier molecular flexibility index (Phi) is 5.13. The molecule has 23 heavy (non-hydrogen) atoms. The van der Waals surface area contributed by atoms with Gasteiger partial charge in [0.25, 0.3) is 5.91 Å². The minimum Gasteiger partial charge on any atom is -0.467 e. The second kappa shape index (κ2) is 7.27. The molecule has 1 atom stereocenters. The molecule has 124 valence electrons. The molecule has 1 aliphatic heterocycles. The van der Waals surface area contributed by atoms with Gasteiger partial charge in [-0.15, -0.1) is 11.3 Å². The number of ether oxygens (including phenoxy) is 1. The van der Waals surface area contributed by atoms with Gasteiger partial charge in [0.2, 0.25) is 0 Å². The summed E-state index contributed by atoms with van der Waals surface area (Å²) in [4.78, 5) is 19.1. The van der Waals surface area contributed by atoms with Crippen LogP contribution in [0, 0.1) is 0 Å². The average Bonchev–Trinajstić information content (AvgIpc) is 3.28. The number of hydrogen-bond acceptors (Lipinski definition) is 5. The van der Waals surface area contributed by atoms with Crippen molar-refractivity contribution in [3.05, 3.63) is 40.2 Å². The normalized spacial score (nSPS) is 17.8. The molecular formula is C17H22N2O3S. The Morgan fingerprint density at radius 2 is 2.39 bits per heavy atom. The van der Waals surface area contributed by atoms with Crippen LogP contribution in [0.1, 0.15) is 53.9 Å². The maximum Gasteiger partial charge on any atom is 0.273 e. The molecule has 2 aromatic rings. The molecule has 1 saturated heterocycles. The third kappa shape index (κ3) is 4.00. The number of amides is 1. The van der Waals surface area contributed by atoms with Crippen LogP contribution in [0.2, 0.25) is 0 Å². The van der Waals surface area contributed by atoms with E-state index >= 15 is 0 Å². The third-order valence-corrected chi connectivity index (χ3v) is 5.04.